The molecule has 1 N–H and O–H groups in total. The number of sulfonamides is 1. The van der Waals surface area contributed by atoms with Gasteiger partial charge in [-0.15, -0.1) is 0 Å². The molecule has 4 aromatic rings. The van der Waals surface area contributed by atoms with E-state index in [0.29, 0.717) is 23.5 Å². The van der Waals surface area contributed by atoms with Crippen LogP contribution < -0.4 is 9.46 Å². The number of hydrogen-bond donors (Lipinski definition) is 1. The topological polar surface area (TPSA) is 84.4 Å². The van der Waals surface area contributed by atoms with E-state index in [-0.39, 0.29) is 22.9 Å². The molecule has 0 amide bonds. The molecule has 224 valence electrons. The first-order valence-corrected chi connectivity index (χ1v) is 16.7. The van der Waals surface area contributed by atoms with Gasteiger partial charge in [0.15, 0.2) is 0 Å². The average Bonchev–Trinajstić information content (AvgIpc) is 3.11. The molecule has 7 nitrogen and oxygen atoms in total. The predicted molar refractivity (Wildman–Crippen MR) is 171 cm³/mol. The van der Waals surface area contributed by atoms with Crippen LogP contribution in [0.3, 0.4) is 0 Å². The minimum absolute atomic E-state index is 0.00475. The van der Waals surface area contributed by atoms with Crippen molar-refractivity contribution in [2.45, 2.75) is 76.5 Å². The Morgan fingerprint density at radius 1 is 0.930 bits per heavy atom. The molecule has 1 fully saturated rings. The number of rotatable bonds is 5. The minimum atomic E-state index is -3.93. The summed E-state index contributed by atoms with van der Waals surface area (Å²) in [5.41, 5.74) is 5.97. The molecule has 3 heterocycles. The average molecular weight is 597 g/mol. The van der Waals surface area contributed by atoms with E-state index in [1.807, 2.05) is 50.2 Å². The molecule has 0 aliphatic carbocycles. The summed E-state index contributed by atoms with van der Waals surface area (Å²) < 4.78 is 36.7. The highest BCUT2D eigenvalue weighted by Gasteiger charge is 2.34. The molecule has 2 aliphatic rings. The summed E-state index contributed by atoms with van der Waals surface area (Å²) in [6.07, 6.45) is 2.57. The fraction of sp³-hybridized carbons (Fsp3) is 0.371. The van der Waals surface area contributed by atoms with E-state index in [9.17, 15) is 8.42 Å². The summed E-state index contributed by atoms with van der Waals surface area (Å²) in [6, 6.07) is 26.2. The van der Waals surface area contributed by atoms with E-state index in [1.165, 1.54) is 5.56 Å². The first kappa shape index (κ1) is 29.3. The first-order chi connectivity index (χ1) is 20.6. The number of anilines is 1. The van der Waals surface area contributed by atoms with Gasteiger partial charge in [-0.3, -0.25) is 4.90 Å². The number of ether oxygens (including phenoxy) is 1. The molecule has 0 saturated carbocycles. The Morgan fingerprint density at radius 2 is 1.67 bits per heavy atom. The largest absolute Gasteiger partial charge is 0.473 e. The molecule has 8 heteroatoms. The zero-order chi connectivity index (χ0) is 30.1. The van der Waals surface area contributed by atoms with E-state index in [2.05, 4.69) is 69.8 Å². The standard InChI is InChI=1S/C35H40N4O3S/c1-23(2)16-29-17-28-18-30(22-39(29)21-26-12-6-5-7-13-26)42-33-20-32(34-24(3)10-8-11-25(34)4)36-35(37-33)38-43(40,41)31-15-9-14-27(28)19-31/h5-15,19-20,23,28-30H,16-18,21-22H2,1-4H3,(H,36,37,38)/t28?,29-,30-/m0/s1. The normalized spacial score (nSPS) is 21.6. The first-order valence-electron chi connectivity index (χ1n) is 15.2. The Morgan fingerprint density at radius 3 is 2.42 bits per heavy atom. The lowest BCUT2D eigenvalue weighted by Crippen LogP contribution is -2.40. The highest BCUT2D eigenvalue weighted by molar-refractivity contribution is 7.92. The van der Waals surface area contributed by atoms with Gasteiger partial charge in [-0.25, -0.2) is 18.1 Å². The molecular formula is C35H40N4O3S. The second-order valence-corrected chi connectivity index (χ2v) is 14.1. The van der Waals surface area contributed by atoms with Gasteiger partial charge in [0.2, 0.25) is 11.8 Å². The maximum absolute atomic E-state index is 13.6. The third-order valence-corrected chi connectivity index (χ3v) is 9.95. The van der Waals surface area contributed by atoms with Crippen LogP contribution in [0.2, 0.25) is 0 Å². The maximum atomic E-state index is 13.6. The Kier molecular flexibility index (Phi) is 8.25. The summed E-state index contributed by atoms with van der Waals surface area (Å²) in [6.45, 7) is 10.2. The van der Waals surface area contributed by atoms with Gasteiger partial charge >= 0.3 is 0 Å². The lowest BCUT2D eigenvalue weighted by molar-refractivity contribution is 0.100. The van der Waals surface area contributed by atoms with Crippen LogP contribution in [0.1, 0.15) is 61.3 Å². The van der Waals surface area contributed by atoms with Gasteiger partial charge in [0.1, 0.15) is 6.10 Å². The molecule has 1 saturated heterocycles. The number of nitrogens with zero attached hydrogens (tertiary/aromatic N) is 3. The monoisotopic (exact) mass is 596 g/mol. The molecule has 0 radical (unpaired) electrons. The van der Waals surface area contributed by atoms with Crippen molar-refractivity contribution in [1.82, 2.24) is 14.9 Å². The molecule has 6 rings (SSSR count). The Bertz CT molecular complexity index is 1690. The van der Waals surface area contributed by atoms with Crippen molar-refractivity contribution in [3.63, 3.8) is 0 Å². The second-order valence-electron chi connectivity index (χ2n) is 12.5. The molecule has 0 spiro atoms. The van der Waals surface area contributed by atoms with Crippen molar-refractivity contribution < 1.29 is 13.2 Å². The van der Waals surface area contributed by atoms with Crippen molar-refractivity contribution in [2.24, 2.45) is 5.92 Å². The van der Waals surface area contributed by atoms with Gasteiger partial charge in [0.05, 0.1) is 10.6 Å². The number of benzene rings is 3. The van der Waals surface area contributed by atoms with Gasteiger partial charge in [-0.1, -0.05) is 74.5 Å². The van der Waals surface area contributed by atoms with Crippen LogP contribution in [0.5, 0.6) is 5.88 Å². The van der Waals surface area contributed by atoms with Crippen LogP contribution in [0.15, 0.2) is 83.8 Å². The van der Waals surface area contributed by atoms with E-state index in [1.54, 1.807) is 6.07 Å². The number of likely N-dealkylation sites (tertiary alicyclic amines) is 1. The second kappa shape index (κ2) is 12.1. The van der Waals surface area contributed by atoms with Crippen LogP contribution in [0, 0.1) is 19.8 Å². The third kappa shape index (κ3) is 6.60. The van der Waals surface area contributed by atoms with Crippen molar-refractivity contribution in [3.05, 3.63) is 101 Å². The van der Waals surface area contributed by atoms with E-state index in [0.717, 1.165) is 54.6 Å². The predicted octanol–water partition coefficient (Wildman–Crippen LogP) is 7.12. The van der Waals surface area contributed by atoms with Gasteiger partial charge < -0.3 is 4.74 Å². The summed E-state index contributed by atoms with van der Waals surface area (Å²) >= 11 is 0. The summed E-state index contributed by atoms with van der Waals surface area (Å²) in [5, 5.41) is 0. The summed E-state index contributed by atoms with van der Waals surface area (Å²) in [5.74, 6) is 1.03. The van der Waals surface area contributed by atoms with Gasteiger partial charge in [0.25, 0.3) is 10.0 Å². The minimum Gasteiger partial charge on any atom is -0.473 e. The summed E-state index contributed by atoms with van der Waals surface area (Å²) in [7, 11) is -3.93. The van der Waals surface area contributed by atoms with Crippen molar-refractivity contribution in [2.75, 3.05) is 11.3 Å². The fourth-order valence-electron chi connectivity index (χ4n) is 6.70. The number of hydrogen-bond acceptors (Lipinski definition) is 6. The molecule has 43 heavy (non-hydrogen) atoms. The fourth-order valence-corrected chi connectivity index (χ4v) is 7.70. The van der Waals surface area contributed by atoms with Crippen LogP contribution >= 0.6 is 0 Å². The van der Waals surface area contributed by atoms with Crippen molar-refractivity contribution in [1.29, 1.82) is 0 Å². The molecular weight excluding hydrogens is 556 g/mol. The Balaban J connectivity index is 1.48. The maximum Gasteiger partial charge on any atom is 0.264 e. The third-order valence-electron chi connectivity index (χ3n) is 8.62. The molecule has 6 bridgehead atoms. The quantitative estimate of drug-likeness (QED) is 0.264. The van der Waals surface area contributed by atoms with Crippen LogP contribution in [-0.2, 0) is 16.6 Å². The smallest absolute Gasteiger partial charge is 0.264 e. The molecule has 2 aliphatic heterocycles. The highest BCUT2D eigenvalue weighted by atomic mass is 32.2. The number of fused-ring (bicyclic) bond motifs is 7. The van der Waals surface area contributed by atoms with Crippen molar-refractivity contribution in [3.8, 4) is 17.1 Å². The lowest BCUT2D eigenvalue weighted by atomic mass is 9.86. The zero-order valence-corrected chi connectivity index (χ0v) is 26.1. The van der Waals surface area contributed by atoms with E-state index < -0.39 is 10.0 Å². The number of nitrogens with one attached hydrogen (secondary N) is 1. The molecule has 3 aromatic carbocycles. The van der Waals surface area contributed by atoms with E-state index >= 15 is 0 Å². The molecule has 1 unspecified atom stereocenters. The Labute approximate surface area is 255 Å². The molecule has 1 aromatic heterocycles. The summed E-state index contributed by atoms with van der Waals surface area (Å²) in [4.78, 5) is 12.1. The van der Waals surface area contributed by atoms with Gasteiger partial charge in [-0.2, -0.15) is 4.98 Å². The van der Waals surface area contributed by atoms with E-state index in [4.69, 9.17) is 4.74 Å². The van der Waals surface area contributed by atoms with Crippen LogP contribution in [-0.4, -0.2) is 42.0 Å². The van der Waals surface area contributed by atoms with Crippen LogP contribution in [0.4, 0.5) is 5.95 Å². The van der Waals surface area contributed by atoms with Gasteiger partial charge in [-0.05, 0) is 79.3 Å². The zero-order valence-electron chi connectivity index (χ0n) is 25.3. The lowest BCUT2D eigenvalue weighted by Gasteiger charge is -2.33. The highest BCUT2D eigenvalue weighted by Crippen LogP contribution is 2.38. The van der Waals surface area contributed by atoms with Crippen molar-refractivity contribution >= 4 is 16.0 Å². The van der Waals surface area contributed by atoms with Gasteiger partial charge in [0, 0.05) is 30.8 Å². The number of aromatic nitrogens is 2. The SMILES string of the molecule is Cc1cccc(C)c1-c1cc2nc(n1)NS(=O)(=O)c1cccc(c1)C1C[C@@H](CN(Cc3ccccc3)[C@@H](CC(C)C)C1)O2. The Hall–Kier alpha value is -3.75. The molecule has 3 atom stereocenters. The number of aryl methyl sites for hydroxylation is 2. The van der Waals surface area contributed by atoms with Crippen LogP contribution in [0.25, 0.3) is 11.3 Å².